The Kier molecular flexibility index (Phi) is 5.89. The van der Waals surface area contributed by atoms with Crippen molar-refractivity contribution in [2.45, 2.75) is 50.4 Å². The number of hydrogen-bond donors (Lipinski definition) is 1. The molecule has 0 aromatic heterocycles. The molecule has 1 saturated heterocycles. The molecular weight excluding hydrogens is 418 g/mol. The monoisotopic (exact) mass is 449 g/mol. The van der Waals surface area contributed by atoms with Crippen LogP contribution >= 0.6 is 11.9 Å². The molecule has 0 radical (unpaired) electrons. The molecule has 2 aliphatic heterocycles. The normalized spacial score (nSPS) is 19.3. The number of nitrogens with one attached hydrogen (secondary N) is 1. The summed E-state index contributed by atoms with van der Waals surface area (Å²) < 4.78 is 3.35. The molecule has 1 N–H and O–H groups in total. The van der Waals surface area contributed by atoms with Gasteiger partial charge in [0.25, 0.3) is 11.8 Å². The van der Waals surface area contributed by atoms with Crippen LogP contribution < -0.4 is 9.62 Å². The summed E-state index contributed by atoms with van der Waals surface area (Å²) in [5.74, 6) is 0.0332. The molecule has 2 heterocycles. The van der Waals surface area contributed by atoms with E-state index in [9.17, 15) is 9.59 Å². The zero-order chi connectivity index (χ0) is 22.1. The lowest BCUT2D eigenvalue weighted by Gasteiger charge is -2.34. The molecule has 168 valence electrons. The predicted octanol–water partition coefficient (Wildman–Crippen LogP) is 5.47. The minimum Gasteiger partial charge on any atom is -0.339 e. The zero-order valence-corrected chi connectivity index (χ0v) is 19.5. The summed E-state index contributed by atoms with van der Waals surface area (Å²) in [5, 5.41) is 0. The van der Waals surface area contributed by atoms with Crippen molar-refractivity contribution in [3.8, 4) is 0 Å². The van der Waals surface area contributed by atoms with Gasteiger partial charge in [-0.2, -0.15) is 0 Å². The van der Waals surface area contributed by atoms with Crippen molar-refractivity contribution in [2.24, 2.45) is 0 Å². The zero-order valence-electron chi connectivity index (χ0n) is 18.7. The van der Waals surface area contributed by atoms with Crippen molar-refractivity contribution in [2.75, 3.05) is 35.5 Å². The molecule has 2 amide bonds. The van der Waals surface area contributed by atoms with E-state index in [0.717, 1.165) is 56.7 Å². The molecule has 5 rings (SSSR count). The maximum Gasteiger partial charge on any atom is 0.258 e. The number of carbonyl (C=O) groups is 2. The van der Waals surface area contributed by atoms with E-state index < -0.39 is 0 Å². The van der Waals surface area contributed by atoms with Crippen LogP contribution in [0.3, 0.4) is 0 Å². The van der Waals surface area contributed by atoms with E-state index in [1.807, 2.05) is 34.3 Å². The van der Waals surface area contributed by atoms with Gasteiger partial charge in [0.2, 0.25) is 0 Å². The SMILES string of the molecule is CSNc1ccc2c(c1)C1(CCCCC1)CN2C(=O)c1cccc(C(=O)N2CCCC2)c1. The van der Waals surface area contributed by atoms with Crippen molar-refractivity contribution in [1.82, 2.24) is 4.90 Å². The molecule has 1 aliphatic carbocycles. The Morgan fingerprint density at radius 3 is 2.34 bits per heavy atom. The maximum atomic E-state index is 13.7. The van der Waals surface area contributed by atoms with Gasteiger partial charge in [0, 0.05) is 53.8 Å². The van der Waals surface area contributed by atoms with Crippen LogP contribution in [0.5, 0.6) is 0 Å². The molecule has 0 bridgehead atoms. The van der Waals surface area contributed by atoms with Gasteiger partial charge in [-0.3, -0.25) is 9.59 Å². The number of carbonyl (C=O) groups excluding carboxylic acids is 2. The number of nitrogens with zero attached hydrogens (tertiary/aromatic N) is 2. The molecule has 1 spiro atoms. The Hall–Kier alpha value is -2.47. The fourth-order valence-corrected chi connectivity index (χ4v) is 6.09. The number of benzene rings is 2. The Morgan fingerprint density at radius 2 is 1.62 bits per heavy atom. The van der Waals surface area contributed by atoms with Gasteiger partial charge in [-0.25, -0.2) is 0 Å². The van der Waals surface area contributed by atoms with E-state index in [4.69, 9.17) is 0 Å². The topological polar surface area (TPSA) is 52.7 Å². The standard InChI is InChI=1S/C26H31N3O2S/c1-32-27-21-10-11-23-22(17-21)26(12-3-2-4-13-26)18-29(23)25(31)20-9-7-8-19(16-20)24(30)28-14-5-6-15-28/h7-11,16-17,27H,2-6,12-15,18H2,1H3. The van der Waals surface area contributed by atoms with Crippen molar-refractivity contribution >= 4 is 35.1 Å². The first-order valence-corrected chi connectivity index (χ1v) is 13.0. The van der Waals surface area contributed by atoms with E-state index in [1.165, 1.54) is 24.8 Å². The number of rotatable bonds is 4. The second-order valence-corrected chi connectivity index (χ2v) is 9.96. The number of fused-ring (bicyclic) bond motifs is 2. The van der Waals surface area contributed by atoms with Crippen molar-refractivity contribution in [3.63, 3.8) is 0 Å². The third kappa shape index (κ3) is 3.79. The Bertz CT molecular complexity index is 1030. The summed E-state index contributed by atoms with van der Waals surface area (Å²) >= 11 is 1.59. The van der Waals surface area contributed by atoms with Gasteiger partial charge in [-0.15, -0.1) is 0 Å². The third-order valence-corrected chi connectivity index (χ3v) is 7.78. The highest BCUT2D eigenvalue weighted by Crippen LogP contribution is 2.50. The average Bonchev–Trinajstić information content (AvgIpc) is 3.47. The minimum atomic E-state index is -0.00431. The van der Waals surface area contributed by atoms with Gasteiger partial charge in [0.15, 0.2) is 0 Å². The first-order chi connectivity index (χ1) is 15.6. The van der Waals surface area contributed by atoms with E-state index in [2.05, 4.69) is 22.9 Å². The van der Waals surface area contributed by atoms with Crippen LogP contribution in [-0.2, 0) is 5.41 Å². The van der Waals surface area contributed by atoms with Gasteiger partial charge < -0.3 is 14.5 Å². The largest absolute Gasteiger partial charge is 0.339 e. The van der Waals surface area contributed by atoms with Gasteiger partial charge in [-0.05, 0) is 67.6 Å². The molecule has 3 aliphatic rings. The van der Waals surface area contributed by atoms with Crippen LogP contribution in [-0.4, -0.2) is 42.6 Å². The summed E-state index contributed by atoms with van der Waals surface area (Å²) in [5.41, 5.74) is 4.68. The first kappa shape index (κ1) is 21.4. The molecule has 2 aromatic carbocycles. The van der Waals surface area contributed by atoms with Crippen molar-refractivity contribution in [3.05, 3.63) is 59.2 Å². The summed E-state index contributed by atoms with van der Waals surface area (Å²) in [7, 11) is 0. The second kappa shape index (κ2) is 8.81. The fraction of sp³-hybridized carbons (Fsp3) is 0.462. The summed E-state index contributed by atoms with van der Waals surface area (Å²) in [6, 6.07) is 13.7. The molecule has 6 heteroatoms. The van der Waals surface area contributed by atoms with Crippen molar-refractivity contribution < 1.29 is 9.59 Å². The molecular formula is C26H31N3O2S. The number of anilines is 2. The summed E-state index contributed by atoms with van der Waals surface area (Å²) in [4.78, 5) is 30.5. The molecule has 2 aromatic rings. The van der Waals surface area contributed by atoms with Gasteiger partial charge in [0.05, 0.1) is 0 Å². The first-order valence-electron chi connectivity index (χ1n) is 11.8. The Labute approximate surface area is 194 Å². The molecule has 5 nitrogen and oxygen atoms in total. The lowest BCUT2D eigenvalue weighted by atomic mass is 9.70. The number of amides is 2. The molecule has 1 saturated carbocycles. The highest BCUT2D eigenvalue weighted by Gasteiger charge is 2.45. The molecule has 32 heavy (non-hydrogen) atoms. The molecule has 0 unspecified atom stereocenters. The van der Waals surface area contributed by atoms with Crippen LogP contribution in [0, 0.1) is 0 Å². The molecule has 2 fully saturated rings. The van der Waals surface area contributed by atoms with Gasteiger partial charge in [-0.1, -0.05) is 37.3 Å². The summed E-state index contributed by atoms with van der Waals surface area (Å²) in [6.45, 7) is 2.35. The van der Waals surface area contributed by atoms with Crippen LogP contribution in [0.25, 0.3) is 0 Å². The van der Waals surface area contributed by atoms with Crippen molar-refractivity contribution in [1.29, 1.82) is 0 Å². The quantitative estimate of drug-likeness (QED) is 0.629. The lowest BCUT2D eigenvalue weighted by Crippen LogP contribution is -2.38. The number of hydrogen-bond acceptors (Lipinski definition) is 4. The smallest absolute Gasteiger partial charge is 0.258 e. The molecule has 0 atom stereocenters. The Balaban J connectivity index is 1.47. The van der Waals surface area contributed by atoms with Crippen LogP contribution in [0.2, 0.25) is 0 Å². The maximum absolute atomic E-state index is 13.7. The second-order valence-electron chi connectivity index (χ2n) is 9.35. The van der Waals surface area contributed by atoms with E-state index in [1.54, 1.807) is 18.0 Å². The van der Waals surface area contributed by atoms with Crippen LogP contribution in [0.4, 0.5) is 11.4 Å². The highest BCUT2D eigenvalue weighted by molar-refractivity contribution is 7.99. The number of likely N-dealkylation sites (tertiary alicyclic amines) is 1. The van der Waals surface area contributed by atoms with Crippen LogP contribution in [0.1, 0.15) is 71.2 Å². The van der Waals surface area contributed by atoms with Gasteiger partial charge in [0.1, 0.15) is 0 Å². The summed E-state index contributed by atoms with van der Waals surface area (Å²) in [6.07, 6.45) is 10.1. The van der Waals surface area contributed by atoms with E-state index in [0.29, 0.717) is 11.1 Å². The Morgan fingerprint density at radius 1 is 0.906 bits per heavy atom. The van der Waals surface area contributed by atoms with Gasteiger partial charge >= 0.3 is 0 Å². The van der Waals surface area contributed by atoms with E-state index >= 15 is 0 Å². The highest BCUT2D eigenvalue weighted by atomic mass is 32.2. The third-order valence-electron chi connectivity index (χ3n) is 7.34. The average molecular weight is 450 g/mol. The van der Waals surface area contributed by atoms with Crippen LogP contribution in [0.15, 0.2) is 42.5 Å². The minimum absolute atomic E-state index is 0.00431. The van der Waals surface area contributed by atoms with E-state index in [-0.39, 0.29) is 17.2 Å². The lowest BCUT2D eigenvalue weighted by molar-refractivity contribution is 0.0793. The fourth-order valence-electron chi connectivity index (χ4n) is 5.73. The predicted molar refractivity (Wildman–Crippen MR) is 132 cm³/mol.